The number of nitrogens with one attached hydrogen (secondary N) is 1. The average molecular weight is 607 g/mol. The summed E-state index contributed by atoms with van der Waals surface area (Å²) in [6.45, 7) is 9.40. The lowest BCUT2D eigenvalue weighted by Crippen LogP contribution is -2.50. The third-order valence-corrected chi connectivity index (χ3v) is 8.73. The highest BCUT2D eigenvalue weighted by molar-refractivity contribution is 5.91. The standard InChI is InChI=1S/C31H45F3N6O3/c1-30(2,3)43-29(42)39-16-14-38(15-17-39)19-21-4-6-22(7-5-21)26-20-40(23-8-10-24(41)11-9-23)27-25(26)18-36-28(37-27)35-13-12-31(32,33)34/h6,18,20-21,23-24,41H,4-5,7-17,19H2,1-3H3,(H,35,36,37)/t21?,23-,24-. The number of aromatic nitrogens is 3. The summed E-state index contributed by atoms with van der Waals surface area (Å²) in [4.78, 5) is 25.7. The zero-order chi connectivity index (χ0) is 30.8. The molecule has 1 saturated carbocycles. The van der Waals surface area contributed by atoms with Gasteiger partial charge in [-0.15, -0.1) is 0 Å². The van der Waals surface area contributed by atoms with Gasteiger partial charge in [-0.1, -0.05) is 6.08 Å². The molecule has 5 rings (SSSR count). The van der Waals surface area contributed by atoms with Gasteiger partial charge in [0.2, 0.25) is 5.95 Å². The van der Waals surface area contributed by atoms with Crippen LogP contribution in [-0.4, -0.2) is 92.7 Å². The SMILES string of the molecule is CC(C)(C)OC(=O)N1CCN(CC2CC=C(c3cn([C@H]4CC[C@H](O)CC4)c4nc(NCCC(F)(F)F)ncc34)CC2)CC1. The summed E-state index contributed by atoms with van der Waals surface area (Å²) in [5.74, 6) is 0.730. The van der Waals surface area contributed by atoms with E-state index in [1.807, 2.05) is 20.8 Å². The Morgan fingerprint density at radius 1 is 1.09 bits per heavy atom. The molecule has 238 valence electrons. The van der Waals surface area contributed by atoms with Crippen LogP contribution >= 0.6 is 0 Å². The van der Waals surface area contributed by atoms with Crippen molar-refractivity contribution in [2.24, 2.45) is 5.92 Å². The minimum atomic E-state index is -4.24. The maximum atomic E-state index is 12.7. The van der Waals surface area contributed by atoms with Gasteiger partial charge in [0, 0.05) is 68.7 Å². The van der Waals surface area contributed by atoms with Gasteiger partial charge in [-0.25, -0.2) is 9.78 Å². The van der Waals surface area contributed by atoms with Crippen molar-refractivity contribution in [3.8, 4) is 0 Å². The third kappa shape index (κ3) is 8.41. The molecule has 2 aliphatic carbocycles. The molecule has 1 unspecified atom stereocenters. The number of amides is 1. The Morgan fingerprint density at radius 2 is 1.81 bits per heavy atom. The van der Waals surface area contributed by atoms with Crippen molar-refractivity contribution >= 4 is 28.6 Å². The van der Waals surface area contributed by atoms with Crippen LogP contribution in [0.2, 0.25) is 0 Å². The molecule has 0 aromatic carbocycles. The molecular weight excluding hydrogens is 561 g/mol. The highest BCUT2D eigenvalue weighted by Gasteiger charge is 2.30. The molecule has 3 aliphatic rings. The Labute approximate surface area is 251 Å². The molecule has 0 radical (unpaired) electrons. The molecule has 9 nitrogen and oxygen atoms in total. The van der Waals surface area contributed by atoms with Crippen LogP contribution in [0.5, 0.6) is 0 Å². The maximum Gasteiger partial charge on any atom is 0.410 e. The van der Waals surface area contributed by atoms with Crippen molar-refractivity contribution in [3.63, 3.8) is 0 Å². The first-order valence-corrected chi connectivity index (χ1v) is 15.6. The maximum absolute atomic E-state index is 12.7. The second-order valence-electron chi connectivity index (χ2n) is 13.3. The minimum absolute atomic E-state index is 0.175. The van der Waals surface area contributed by atoms with Crippen LogP contribution in [0.4, 0.5) is 23.9 Å². The number of hydrogen-bond donors (Lipinski definition) is 2. The number of ether oxygens (including phenoxy) is 1. The largest absolute Gasteiger partial charge is 0.444 e. The van der Waals surface area contributed by atoms with Gasteiger partial charge >= 0.3 is 12.3 Å². The van der Waals surface area contributed by atoms with Crippen LogP contribution in [0.3, 0.4) is 0 Å². The number of carbonyl (C=O) groups is 1. The first-order chi connectivity index (χ1) is 20.3. The number of nitrogens with zero attached hydrogens (tertiary/aromatic N) is 5. The number of carbonyl (C=O) groups excluding carboxylic acids is 1. The van der Waals surface area contributed by atoms with Gasteiger partial charge in [0.15, 0.2) is 0 Å². The fraction of sp³-hybridized carbons (Fsp3) is 0.710. The zero-order valence-corrected chi connectivity index (χ0v) is 25.5. The van der Waals surface area contributed by atoms with Crippen molar-refractivity contribution in [3.05, 3.63) is 24.0 Å². The summed E-state index contributed by atoms with van der Waals surface area (Å²) >= 11 is 0. The van der Waals surface area contributed by atoms with Gasteiger partial charge < -0.3 is 24.6 Å². The van der Waals surface area contributed by atoms with Crippen LogP contribution in [0.15, 0.2) is 18.5 Å². The molecule has 0 spiro atoms. The summed E-state index contributed by atoms with van der Waals surface area (Å²) in [5.41, 5.74) is 2.58. The van der Waals surface area contributed by atoms with E-state index in [4.69, 9.17) is 4.74 Å². The lowest BCUT2D eigenvalue weighted by molar-refractivity contribution is -0.131. The highest BCUT2D eigenvalue weighted by atomic mass is 19.4. The topological polar surface area (TPSA) is 95.8 Å². The predicted octanol–water partition coefficient (Wildman–Crippen LogP) is 6.01. The Hall–Kier alpha value is -2.86. The summed E-state index contributed by atoms with van der Waals surface area (Å²) in [6.07, 6.45) is 6.51. The predicted molar refractivity (Wildman–Crippen MR) is 160 cm³/mol. The monoisotopic (exact) mass is 606 g/mol. The van der Waals surface area contributed by atoms with Crippen molar-refractivity contribution in [2.45, 2.75) is 96.1 Å². The molecule has 2 aromatic heterocycles. The molecule has 3 heterocycles. The average Bonchev–Trinajstić information content (AvgIpc) is 3.31. The van der Waals surface area contributed by atoms with Crippen LogP contribution in [-0.2, 0) is 4.74 Å². The quantitative estimate of drug-likeness (QED) is 0.399. The van der Waals surface area contributed by atoms with Crippen LogP contribution in [0.25, 0.3) is 16.6 Å². The van der Waals surface area contributed by atoms with Crippen LogP contribution < -0.4 is 5.32 Å². The number of aliphatic hydroxyl groups is 1. The summed E-state index contributed by atoms with van der Waals surface area (Å²) < 4.78 is 45.7. The van der Waals surface area contributed by atoms with E-state index >= 15 is 0 Å². The Kier molecular flexibility index (Phi) is 9.55. The van der Waals surface area contributed by atoms with Gasteiger partial charge in [0.25, 0.3) is 0 Å². The number of piperazine rings is 1. The van der Waals surface area contributed by atoms with E-state index in [1.54, 1.807) is 11.1 Å². The van der Waals surface area contributed by atoms with E-state index in [0.717, 1.165) is 81.2 Å². The first-order valence-electron chi connectivity index (χ1n) is 15.6. The minimum Gasteiger partial charge on any atom is -0.444 e. The number of allylic oxidation sites excluding steroid dienone is 2. The van der Waals surface area contributed by atoms with Crippen LogP contribution in [0, 0.1) is 5.92 Å². The summed E-state index contributed by atoms with van der Waals surface area (Å²) in [5, 5.41) is 13.7. The van der Waals surface area contributed by atoms with E-state index in [0.29, 0.717) is 19.0 Å². The highest BCUT2D eigenvalue weighted by Crippen LogP contribution is 2.38. The van der Waals surface area contributed by atoms with E-state index in [2.05, 4.69) is 37.0 Å². The Bertz CT molecular complexity index is 1290. The number of fused-ring (bicyclic) bond motifs is 1. The van der Waals surface area contributed by atoms with Crippen LogP contribution in [0.1, 0.15) is 83.7 Å². The van der Waals surface area contributed by atoms with E-state index < -0.39 is 18.2 Å². The van der Waals surface area contributed by atoms with Gasteiger partial charge in [-0.2, -0.15) is 18.2 Å². The molecule has 12 heteroatoms. The third-order valence-electron chi connectivity index (χ3n) is 8.73. The lowest BCUT2D eigenvalue weighted by atomic mass is 9.86. The van der Waals surface area contributed by atoms with Gasteiger partial charge in [0.1, 0.15) is 11.2 Å². The molecule has 0 bridgehead atoms. The molecule has 1 saturated heterocycles. The summed E-state index contributed by atoms with van der Waals surface area (Å²) in [7, 11) is 0. The van der Waals surface area contributed by atoms with E-state index in [1.165, 1.54) is 5.57 Å². The number of rotatable bonds is 7. The zero-order valence-electron chi connectivity index (χ0n) is 25.5. The fourth-order valence-corrected chi connectivity index (χ4v) is 6.40. The lowest BCUT2D eigenvalue weighted by Gasteiger charge is -2.37. The molecule has 2 N–H and O–H groups in total. The second kappa shape index (κ2) is 13.0. The molecule has 1 atom stereocenters. The molecule has 2 fully saturated rings. The molecular formula is C31H45F3N6O3. The normalized spacial score (nSPS) is 24.2. The van der Waals surface area contributed by atoms with Gasteiger partial charge in [-0.05, 0) is 77.2 Å². The van der Waals surface area contributed by atoms with Gasteiger partial charge in [0.05, 0.1) is 12.5 Å². The number of anilines is 1. The fourth-order valence-electron chi connectivity index (χ4n) is 6.40. The Morgan fingerprint density at radius 3 is 2.44 bits per heavy atom. The van der Waals surface area contributed by atoms with Crippen molar-refractivity contribution in [2.75, 3.05) is 44.6 Å². The Balaban J connectivity index is 1.25. The number of hydrogen-bond acceptors (Lipinski definition) is 7. The van der Waals surface area contributed by atoms with E-state index in [9.17, 15) is 23.1 Å². The number of aliphatic hydroxyl groups excluding tert-OH is 1. The second-order valence-corrected chi connectivity index (χ2v) is 13.3. The molecule has 43 heavy (non-hydrogen) atoms. The smallest absolute Gasteiger partial charge is 0.410 e. The van der Waals surface area contributed by atoms with Crippen molar-refractivity contribution in [1.82, 2.24) is 24.3 Å². The molecule has 2 aromatic rings. The number of halogens is 3. The van der Waals surface area contributed by atoms with Crippen molar-refractivity contribution < 1.29 is 27.8 Å². The first kappa shape index (κ1) is 31.6. The molecule has 1 amide bonds. The summed E-state index contributed by atoms with van der Waals surface area (Å²) in [6, 6.07) is 0.175. The van der Waals surface area contributed by atoms with E-state index in [-0.39, 0.29) is 30.7 Å². The van der Waals surface area contributed by atoms with Gasteiger partial charge in [-0.3, -0.25) is 4.90 Å². The van der Waals surface area contributed by atoms with Crippen molar-refractivity contribution in [1.29, 1.82) is 0 Å². The molecule has 1 aliphatic heterocycles. The number of alkyl halides is 3.